The number of rotatable bonds is 4. The number of ether oxygens (including phenoxy) is 1. The molecule has 1 aromatic carbocycles. The zero-order valence-corrected chi connectivity index (χ0v) is 12.9. The average Bonchev–Trinajstić information content (AvgIpc) is 2.95. The van der Waals surface area contributed by atoms with Crippen LogP contribution in [0.3, 0.4) is 0 Å². The van der Waals surface area contributed by atoms with Crippen LogP contribution in [0, 0.1) is 6.92 Å². The monoisotopic (exact) mass is 296 g/mol. The summed E-state index contributed by atoms with van der Waals surface area (Å²) >= 11 is 0. The summed E-state index contributed by atoms with van der Waals surface area (Å²) in [6, 6.07) is 10.1. The lowest BCUT2D eigenvalue weighted by Gasteiger charge is -2.13. The largest absolute Gasteiger partial charge is 0.487 e. The Kier molecular flexibility index (Phi) is 4.09. The normalized spacial score (nSPS) is 16.0. The van der Waals surface area contributed by atoms with E-state index in [1.165, 1.54) is 11.1 Å². The van der Waals surface area contributed by atoms with Gasteiger partial charge in [0, 0.05) is 24.6 Å². The Morgan fingerprint density at radius 1 is 1.41 bits per heavy atom. The maximum absolute atomic E-state index is 11.4. The Labute approximate surface area is 130 Å². The van der Waals surface area contributed by atoms with Crippen LogP contribution >= 0.6 is 0 Å². The number of hydrogen-bond donors (Lipinski definition) is 1. The summed E-state index contributed by atoms with van der Waals surface area (Å²) in [6.45, 7) is 4.48. The van der Waals surface area contributed by atoms with Crippen molar-refractivity contribution in [2.45, 2.75) is 32.8 Å². The lowest BCUT2D eigenvalue weighted by atomic mass is 10.0. The minimum atomic E-state index is -0.00485. The molecule has 0 saturated carbocycles. The maximum atomic E-state index is 11.4. The smallest absolute Gasteiger partial charge is 0.219 e. The third kappa shape index (κ3) is 2.96. The van der Waals surface area contributed by atoms with E-state index in [1.54, 1.807) is 6.20 Å². The van der Waals surface area contributed by atoms with Crippen molar-refractivity contribution in [3.05, 3.63) is 47.7 Å². The fourth-order valence-electron chi connectivity index (χ4n) is 2.77. The highest BCUT2D eigenvalue weighted by Crippen LogP contribution is 2.38. The first-order chi connectivity index (χ1) is 10.7. The molecule has 1 aromatic heterocycles. The predicted octanol–water partition coefficient (Wildman–Crippen LogP) is 2.89. The molecule has 114 valence electrons. The lowest BCUT2D eigenvalue weighted by molar-refractivity contribution is -0.121. The molecule has 1 amide bonds. The number of fused-ring (bicyclic) bond motifs is 1. The van der Waals surface area contributed by atoms with Crippen molar-refractivity contribution in [3.8, 4) is 17.0 Å². The SMILES string of the molecule is CCC(=O)NC[C@@H]1Cc2cc(C)cc(-c3ccccn3)c2O1. The standard InChI is InChI=1S/C18H20N2O2/c1-3-17(21)20-11-14-10-13-8-12(2)9-15(18(13)22-14)16-6-4-5-7-19-16/h4-9,14H,3,10-11H2,1-2H3,(H,20,21)/t14-/m0/s1. The fourth-order valence-corrected chi connectivity index (χ4v) is 2.77. The van der Waals surface area contributed by atoms with Crippen molar-refractivity contribution < 1.29 is 9.53 Å². The summed E-state index contributed by atoms with van der Waals surface area (Å²) in [5.41, 5.74) is 4.33. The highest BCUT2D eigenvalue weighted by molar-refractivity contribution is 5.75. The van der Waals surface area contributed by atoms with Gasteiger partial charge in [-0.2, -0.15) is 0 Å². The number of pyridine rings is 1. The van der Waals surface area contributed by atoms with Crippen molar-refractivity contribution in [2.75, 3.05) is 6.54 Å². The highest BCUT2D eigenvalue weighted by atomic mass is 16.5. The molecule has 0 unspecified atom stereocenters. The Bertz CT molecular complexity index is 683. The molecule has 0 radical (unpaired) electrons. The van der Waals surface area contributed by atoms with Crippen molar-refractivity contribution in [3.63, 3.8) is 0 Å². The first-order valence-corrected chi connectivity index (χ1v) is 7.65. The van der Waals surface area contributed by atoms with Gasteiger partial charge in [-0.15, -0.1) is 0 Å². The summed E-state index contributed by atoms with van der Waals surface area (Å²) in [4.78, 5) is 15.8. The second-order valence-corrected chi connectivity index (χ2v) is 5.62. The number of aromatic nitrogens is 1. The van der Waals surface area contributed by atoms with Crippen molar-refractivity contribution in [2.24, 2.45) is 0 Å². The minimum Gasteiger partial charge on any atom is -0.487 e. The van der Waals surface area contributed by atoms with Crippen LogP contribution in [-0.2, 0) is 11.2 Å². The number of aryl methyl sites for hydroxylation is 1. The first kappa shape index (κ1) is 14.6. The third-order valence-corrected chi connectivity index (χ3v) is 3.83. The third-order valence-electron chi connectivity index (χ3n) is 3.83. The molecule has 0 aliphatic carbocycles. The quantitative estimate of drug-likeness (QED) is 0.944. The topological polar surface area (TPSA) is 51.2 Å². The van der Waals surface area contributed by atoms with E-state index in [0.717, 1.165) is 23.4 Å². The van der Waals surface area contributed by atoms with E-state index < -0.39 is 0 Å². The van der Waals surface area contributed by atoms with Crippen LogP contribution in [0.5, 0.6) is 5.75 Å². The van der Waals surface area contributed by atoms with E-state index in [9.17, 15) is 4.79 Å². The van der Waals surface area contributed by atoms with Gasteiger partial charge in [-0.1, -0.05) is 19.1 Å². The molecule has 4 nitrogen and oxygen atoms in total. The van der Waals surface area contributed by atoms with Crippen LogP contribution in [0.15, 0.2) is 36.5 Å². The second-order valence-electron chi connectivity index (χ2n) is 5.62. The van der Waals surface area contributed by atoms with E-state index >= 15 is 0 Å². The number of nitrogens with zero attached hydrogens (tertiary/aromatic N) is 1. The van der Waals surface area contributed by atoms with Gasteiger partial charge < -0.3 is 10.1 Å². The van der Waals surface area contributed by atoms with Gasteiger partial charge in [0.05, 0.1) is 12.2 Å². The number of hydrogen-bond acceptors (Lipinski definition) is 3. The molecule has 1 N–H and O–H groups in total. The van der Waals surface area contributed by atoms with Crippen molar-refractivity contribution in [1.82, 2.24) is 10.3 Å². The van der Waals surface area contributed by atoms with Crippen LogP contribution in [0.4, 0.5) is 0 Å². The predicted molar refractivity (Wildman–Crippen MR) is 85.8 cm³/mol. The van der Waals surface area contributed by atoms with Gasteiger partial charge in [-0.05, 0) is 36.2 Å². The number of benzene rings is 1. The number of nitrogens with one attached hydrogen (secondary N) is 1. The molecule has 0 spiro atoms. The van der Waals surface area contributed by atoms with Crippen LogP contribution in [0.1, 0.15) is 24.5 Å². The number of amides is 1. The Hall–Kier alpha value is -2.36. The molecule has 0 bridgehead atoms. The molecule has 3 rings (SSSR count). The Morgan fingerprint density at radius 2 is 2.27 bits per heavy atom. The molecule has 1 aliphatic heterocycles. The molecule has 1 aliphatic rings. The molecule has 0 fully saturated rings. The van der Waals surface area contributed by atoms with Crippen molar-refractivity contribution >= 4 is 5.91 Å². The van der Waals surface area contributed by atoms with Gasteiger partial charge in [0.15, 0.2) is 0 Å². The zero-order valence-electron chi connectivity index (χ0n) is 12.9. The molecule has 1 atom stereocenters. The molecule has 2 heterocycles. The Balaban J connectivity index is 1.85. The summed E-state index contributed by atoms with van der Waals surface area (Å²) in [5.74, 6) is 0.959. The van der Waals surface area contributed by atoms with Gasteiger partial charge in [-0.25, -0.2) is 0 Å². The molecule has 0 saturated heterocycles. The highest BCUT2D eigenvalue weighted by Gasteiger charge is 2.26. The van der Waals surface area contributed by atoms with Gasteiger partial charge in [0.2, 0.25) is 5.91 Å². The minimum absolute atomic E-state index is 0.00485. The van der Waals surface area contributed by atoms with E-state index in [2.05, 4.69) is 29.4 Å². The van der Waals surface area contributed by atoms with Gasteiger partial charge in [0.25, 0.3) is 0 Å². The van der Waals surface area contributed by atoms with Gasteiger partial charge >= 0.3 is 0 Å². The molecule has 2 aromatic rings. The van der Waals surface area contributed by atoms with Crippen LogP contribution in [0.2, 0.25) is 0 Å². The van der Waals surface area contributed by atoms with E-state index in [1.807, 2.05) is 25.1 Å². The van der Waals surface area contributed by atoms with Gasteiger partial charge in [-0.3, -0.25) is 9.78 Å². The maximum Gasteiger partial charge on any atom is 0.219 e. The second kappa shape index (κ2) is 6.18. The van der Waals surface area contributed by atoms with Crippen molar-refractivity contribution in [1.29, 1.82) is 0 Å². The molecule has 4 heteroatoms. The molecule has 22 heavy (non-hydrogen) atoms. The molecular weight excluding hydrogens is 276 g/mol. The van der Waals surface area contributed by atoms with E-state index in [0.29, 0.717) is 13.0 Å². The Morgan fingerprint density at radius 3 is 3.00 bits per heavy atom. The zero-order chi connectivity index (χ0) is 15.5. The summed E-state index contributed by atoms with van der Waals surface area (Å²) < 4.78 is 6.09. The van der Waals surface area contributed by atoms with Crippen LogP contribution in [-0.4, -0.2) is 23.5 Å². The lowest BCUT2D eigenvalue weighted by Crippen LogP contribution is -2.33. The average molecular weight is 296 g/mol. The summed E-state index contributed by atoms with van der Waals surface area (Å²) in [6.07, 6.45) is 3.10. The van der Waals surface area contributed by atoms with E-state index in [4.69, 9.17) is 4.74 Å². The first-order valence-electron chi connectivity index (χ1n) is 7.65. The van der Waals surface area contributed by atoms with Crippen LogP contribution < -0.4 is 10.1 Å². The van der Waals surface area contributed by atoms with Gasteiger partial charge in [0.1, 0.15) is 11.9 Å². The number of carbonyl (C=O) groups is 1. The van der Waals surface area contributed by atoms with E-state index in [-0.39, 0.29) is 12.0 Å². The van der Waals surface area contributed by atoms with Crippen LogP contribution in [0.25, 0.3) is 11.3 Å². The molecular formula is C18H20N2O2. The summed E-state index contributed by atoms with van der Waals surface area (Å²) in [5, 5.41) is 2.90. The number of carbonyl (C=O) groups excluding carboxylic acids is 1. The fraction of sp³-hybridized carbons (Fsp3) is 0.333. The summed E-state index contributed by atoms with van der Waals surface area (Å²) in [7, 11) is 0.